The zero-order valence-electron chi connectivity index (χ0n) is 17.0. The van der Waals surface area contributed by atoms with Gasteiger partial charge in [-0.1, -0.05) is 28.1 Å². The number of rotatable bonds is 8. The normalized spacial score (nSPS) is 13.1. The third kappa shape index (κ3) is 6.40. The third-order valence-electron chi connectivity index (χ3n) is 4.65. The molecule has 2 aromatic rings. The summed E-state index contributed by atoms with van der Waals surface area (Å²) in [6.45, 7) is 1.99. The Hall–Kier alpha value is -2.71. The Bertz CT molecular complexity index is 959. The molecule has 3 rings (SSSR count). The molecule has 7 nitrogen and oxygen atoms in total. The van der Waals surface area contributed by atoms with Crippen molar-refractivity contribution < 1.29 is 14.4 Å². The fourth-order valence-electron chi connectivity index (χ4n) is 2.97. The molecule has 0 saturated heterocycles. The second kappa shape index (κ2) is 9.86. The van der Waals surface area contributed by atoms with Gasteiger partial charge in [0.25, 0.3) is 5.91 Å². The van der Waals surface area contributed by atoms with E-state index >= 15 is 0 Å². The molecule has 30 heavy (non-hydrogen) atoms. The zero-order valence-corrected chi connectivity index (χ0v) is 18.6. The van der Waals surface area contributed by atoms with Crippen LogP contribution >= 0.6 is 15.9 Å². The van der Waals surface area contributed by atoms with Gasteiger partial charge >= 0.3 is 0 Å². The second-order valence-electron chi connectivity index (χ2n) is 7.52. The molecule has 0 spiro atoms. The smallest absolute Gasteiger partial charge is 0.253 e. The lowest BCUT2D eigenvalue weighted by Crippen LogP contribution is -2.36. The summed E-state index contributed by atoms with van der Waals surface area (Å²) in [4.78, 5) is 38.7. The number of nitrogens with one attached hydrogen (secondary N) is 3. The van der Waals surface area contributed by atoms with E-state index in [9.17, 15) is 14.4 Å². The predicted molar refractivity (Wildman–Crippen MR) is 121 cm³/mol. The number of likely N-dealkylation sites (N-methyl/N-ethyl adjacent to an activating group) is 1. The van der Waals surface area contributed by atoms with Gasteiger partial charge in [-0.15, -0.1) is 0 Å². The van der Waals surface area contributed by atoms with Crippen LogP contribution in [0.3, 0.4) is 0 Å². The minimum absolute atomic E-state index is 0.0192. The van der Waals surface area contributed by atoms with E-state index in [0.29, 0.717) is 11.3 Å². The third-order valence-corrected chi connectivity index (χ3v) is 5.14. The van der Waals surface area contributed by atoms with Crippen molar-refractivity contribution in [2.45, 2.75) is 25.8 Å². The second-order valence-corrected chi connectivity index (χ2v) is 8.44. The number of hydrogen-bond donors (Lipinski definition) is 3. The number of amides is 3. The summed E-state index contributed by atoms with van der Waals surface area (Å²) in [6.07, 6.45) is 1.99. The highest BCUT2D eigenvalue weighted by molar-refractivity contribution is 9.10. The number of benzene rings is 2. The van der Waals surface area contributed by atoms with Gasteiger partial charge in [-0.2, -0.15) is 0 Å². The Balaban J connectivity index is 1.52. The van der Waals surface area contributed by atoms with Gasteiger partial charge in [0.2, 0.25) is 11.8 Å². The van der Waals surface area contributed by atoms with Crippen LogP contribution in [0.25, 0.3) is 0 Å². The maximum Gasteiger partial charge on any atom is 0.253 e. The summed E-state index contributed by atoms with van der Waals surface area (Å²) in [5, 5.41) is 8.55. The van der Waals surface area contributed by atoms with Crippen LogP contribution in [-0.2, 0) is 9.59 Å². The van der Waals surface area contributed by atoms with E-state index in [-0.39, 0.29) is 36.9 Å². The molecule has 0 aliphatic heterocycles. The number of hydrogen-bond acceptors (Lipinski definition) is 4. The number of anilines is 2. The first-order valence-corrected chi connectivity index (χ1v) is 10.6. The van der Waals surface area contributed by atoms with Crippen molar-refractivity contribution >= 4 is 45.0 Å². The molecule has 1 aliphatic carbocycles. The molecule has 0 heterocycles. The van der Waals surface area contributed by atoms with Crippen molar-refractivity contribution in [3.05, 3.63) is 58.1 Å². The highest BCUT2D eigenvalue weighted by atomic mass is 79.9. The summed E-state index contributed by atoms with van der Waals surface area (Å²) in [6, 6.07) is 12.8. The van der Waals surface area contributed by atoms with Crippen molar-refractivity contribution in [2.75, 3.05) is 30.8 Å². The molecule has 0 aromatic heterocycles. The number of carbonyl (C=O) groups excluding carboxylic acids is 3. The van der Waals surface area contributed by atoms with Crippen LogP contribution in [0.5, 0.6) is 0 Å². The Morgan fingerprint density at radius 1 is 1.00 bits per heavy atom. The predicted octanol–water partition coefficient (Wildman–Crippen LogP) is 3.16. The molecule has 3 amide bonds. The number of nitrogens with zero attached hydrogens (tertiary/aromatic N) is 1. The van der Waals surface area contributed by atoms with E-state index in [0.717, 1.165) is 28.6 Å². The van der Waals surface area contributed by atoms with Crippen molar-refractivity contribution in [2.24, 2.45) is 0 Å². The maximum atomic E-state index is 12.4. The van der Waals surface area contributed by atoms with E-state index in [1.807, 2.05) is 25.1 Å². The van der Waals surface area contributed by atoms with Crippen molar-refractivity contribution in [3.63, 3.8) is 0 Å². The van der Waals surface area contributed by atoms with E-state index in [1.165, 1.54) is 0 Å². The molecule has 8 heteroatoms. The quantitative estimate of drug-likeness (QED) is 0.550. The number of carbonyl (C=O) groups is 3. The van der Waals surface area contributed by atoms with Gasteiger partial charge in [-0.25, -0.2) is 0 Å². The van der Waals surface area contributed by atoms with Gasteiger partial charge in [0.1, 0.15) is 0 Å². The summed E-state index contributed by atoms with van der Waals surface area (Å²) >= 11 is 3.40. The Morgan fingerprint density at radius 2 is 1.63 bits per heavy atom. The van der Waals surface area contributed by atoms with E-state index in [1.54, 1.807) is 36.2 Å². The standard InChI is InChI=1S/C22H25BrN4O3/c1-14-11-15(23)7-10-18(14)25-20(28)12-27(2)13-21(29)26-19-6-4-3-5-17(19)22(30)24-16-8-9-16/h3-7,10-11,16H,8-9,12-13H2,1-2H3,(H,24,30)(H,25,28)(H,26,29). The molecule has 2 aromatic carbocycles. The first-order valence-electron chi connectivity index (χ1n) is 9.76. The van der Waals surface area contributed by atoms with Crippen LogP contribution in [0.15, 0.2) is 46.9 Å². The van der Waals surface area contributed by atoms with Crippen LogP contribution in [0.4, 0.5) is 11.4 Å². The van der Waals surface area contributed by atoms with Crippen LogP contribution < -0.4 is 16.0 Å². The maximum absolute atomic E-state index is 12.4. The number of halogens is 1. The van der Waals surface area contributed by atoms with E-state index in [2.05, 4.69) is 31.9 Å². The average Bonchev–Trinajstić information content (AvgIpc) is 3.48. The average molecular weight is 473 g/mol. The Morgan fingerprint density at radius 3 is 2.27 bits per heavy atom. The van der Waals surface area contributed by atoms with Gasteiger partial charge in [0, 0.05) is 16.2 Å². The van der Waals surface area contributed by atoms with Crippen molar-refractivity contribution in [3.8, 4) is 0 Å². The summed E-state index contributed by atoms with van der Waals surface area (Å²) in [5.41, 5.74) is 2.57. The summed E-state index contributed by atoms with van der Waals surface area (Å²) < 4.78 is 0.942. The lowest BCUT2D eigenvalue weighted by molar-refractivity contribution is -0.119. The number of aryl methyl sites for hydroxylation is 1. The molecule has 0 radical (unpaired) electrons. The SMILES string of the molecule is Cc1cc(Br)ccc1NC(=O)CN(C)CC(=O)Nc1ccccc1C(=O)NC1CC1. The van der Waals surface area contributed by atoms with Crippen molar-refractivity contribution in [1.82, 2.24) is 10.2 Å². The number of para-hydroxylation sites is 1. The fraction of sp³-hybridized carbons (Fsp3) is 0.318. The Kier molecular flexibility index (Phi) is 7.23. The largest absolute Gasteiger partial charge is 0.349 e. The molecule has 1 saturated carbocycles. The van der Waals surface area contributed by atoms with Crippen LogP contribution in [0.1, 0.15) is 28.8 Å². The van der Waals surface area contributed by atoms with Gasteiger partial charge < -0.3 is 16.0 Å². The fourth-order valence-corrected chi connectivity index (χ4v) is 3.45. The summed E-state index contributed by atoms with van der Waals surface area (Å²) in [7, 11) is 1.69. The van der Waals surface area contributed by atoms with Crippen molar-refractivity contribution in [1.29, 1.82) is 0 Å². The minimum Gasteiger partial charge on any atom is -0.349 e. The lowest BCUT2D eigenvalue weighted by Gasteiger charge is -2.17. The highest BCUT2D eigenvalue weighted by Gasteiger charge is 2.25. The van der Waals surface area contributed by atoms with Crippen LogP contribution in [-0.4, -0.2) is 48.8 Å². The van der Waals surface area contributed by atoms with Gasteiger partial charge in [-0.05, 0) is 62.7 Å². The minimum atomic E-state index is -0.295. The topological polar surface area (TPSA) is 90.5 Å². The lowest BCUT2D eigenvalue weighted by atomic mass is 10.1. The zero-order chi connectivity index (χ0) is 21.7. The molecule has 1 aliphatic rings. The molecule has 158 valence electrons. The van der Waals surface area contributed by atoms with E-state index in [4.69, 9.17) is 0 Å². The molecular weight excluding hydrogens is 448 g/mol. The van der Waals surface area contributed by atoms with E-state index < -0.39 is 0 Å². The van der Waals surface area contributed by atoms with Gasteiger partial charge in [0.15, 0.2) is 0 Å². The summed E-state index contributed by atoms with van der Waals surface area (Å²) in [5.74, 6) is -0.692. The molecule has 0 bridgehead atoms. The highest BCUT2D eigenvalue weighted by Crippen LogP contribution is 2.22. The molecule has 3 N–H and O–H groups in total. The van der Waals surface area contributed by atoms with Gasteiger partial charge in [-0.3, -0.25) is 19.3 Å². The first kappa shape index (κ1) is 22.0. The molecular formula is C22H25BrN4O3. The molecule has 1 fully saturated rings. The Labute approximate surface area is 184 Å². The molecule has 0 unspecified atom stereocenters. The van der Waals surface area contributed by atoms with Crippen LogP contribution in [0.2, 0.25) is 0 Å². The van der Waals surface area contributed by atoms with Crippen LogP contribution in [0, 0.1) is 6.92 Å². The monoisotopic (exact) mass is 472 g/mol. The van der Waals surface area contributed by atoms with Gasteiger partial charge in [0.05, 0.1) is 24.3 Å². The molecule has 0 atom stereocenters. The first-order chi connectivity index (χ1) is 14.3.